The number of carbonyl (C=O) groups is 1. The highest BCUT2D eigenvalue weighted by Crippen LogP contribution is 2.39. The Morgan fingerprint density at radius 3 is 2.17 bits per heavy atom. The number of hydrogen-bond acceptors (Lipinski definition) is 5. The van der Waals surface area contributed by atoms with Gasteiger partial charge in [0.1, 0.15) is 23.9 Å². The van der Waals surface area contributed by atoms with Crippen molar-refractivity contribution in [2.75, 3.05) is 6.61 Å². The second-order valence-corrected chi connectivity index (χ2v) is 6.38. The van der Waals surface area contributed by atoms with E-state index in [0.29, 0.717) is 18.1 Å². The molecule has 0 spiro atoms. The predicted molar refractivity (Wildman–Crippen MR) is 86.4 cm³/mol. The lowest BCUT2D eigenvalue weighted by molar-refractivity contribution is 0.104. The number of phenolic OH excluding ortho intramolecular Hbond substituents is 1. The summed E-state index contributed by atoms with van der Waals surface area (Å²) in [6.45, 7) is 2.36. The summed E-state index contributed by atoms with van der Waals surface area (Å²) in [6, 6.07) is 10.4. The number of carbonyl (C=O) groups excluding carboxylic acids is 1. The molecule has 0 aromatic heterocycles. The van der Waals surface area contributed by atoms with E-state index >= 15 is 0 Å². The lowest BCUT2D eigenvalue weighted by Crippen LogP contribution is -2.03. The summed E-state index contributed by atoms with van der Waals surface area (Å²) in [5.74, 6) is 1.08. The highest BCUT2D eigenvalue weighted by molar-refractivity contribution is 7.70. The largest absolute Gasteiger partial charge is 0.508 e. The van der Waals surface area contributed by atoms with Crippen molar-refractivity contribution < 1.29 is 33.7 Å². The summed E-state index contributed by atoms with van der Waals surface area (Å²) in [6.07, 6.45) is 0. The normalized spacial score (nSPS) is 11.1. The maximum Gasteiger partial charge on any atom is 0.396 e. The van der Waals surface area contributed by atoms with Gasteiger partial charge in [0.05, 0.1) is 6.61 Å². The van der Waals surface area contributed by atoms with Gasteiger partial charge in [-0.1, -0.05) is 0 Å². The van der Waals surface area contributed by atoms with Gasteiger partial charge < -0.3 is 24.4 Å². The maximum absolute atomic E-state index is 11.6. The Morgan fingerprint density at radius 1 is 1.04 bits per heavy atom. The van der Waals surface area contributed by atoms with Crippen molar-refractivity contribution >= 4 is 13.1 Å². The smallest absolute Gasteiger partial charge is 0.396 e. The molecular weight excluding hydrogens is 335 g/mol. The topological polar surface area (TPSA) is 113 Å². The summed E-state index contributed by atoms with van der Waals surface area (Å²) in [4.78, 5) is 29.5. The van der Waals surface area contributed by atoms with Crippen LogP contribution in [0.25, 0.3) is 0 Å². The maximum atomic E-state index is 11.6. The average molecular weight is 352 g/mol. The molecule has 0 heterocycles. The van der Waals surface area contributed by atoms with Crippen LogP contribution in [0.5, 0.6) is 17.2 Å². The van der Waals surface area contributed by atoms with E-state index in [-0.39, 0.29) is 23.5 Å². The number of hydrogen-bond donors (Lipinski definition) is 3. The summed E-state index contributed by atoms with van der Waals surface area (Å²) >= 11 is 0. The highest BCUT2D eigenvalue weighted by atomic mass is 31.2. The molecular formula is C16H17O7P. The fourth-order valence-electron chi connectivity index (χ4n) is 1.96. The second kappa shape index (κ2) is 7.49. The minimum absolute atomic E-state index is 0.0674. The fourth-order valence-corrected chi connectivity index (χ4v) is 2.44. The van der Waals surface area contributed by atoms with Crippen molar-refractivity contribution in [3.8, 4) is 17.2 Å². The van der Waals surface area contributed by atoms with Crippen molar-refractivity contribution in [2.24, 2.45) is 0 Å². The molecule has 0 aliphatic heterocycles. The summed E-state index contributed by atoms with van der Waals surface area (Å²) < 4.78 is 21.8. The Labute approximate surface area is 138 Å². The van der Waals surface area contributed by atoms with Crippen LogP contribution in [0.3, 0.4) is 0 Å². The van der Waals surface area contributed by atoms with E-state index in [1.54, 1.807) is 24.3 Å². The minimum atomic E-state index is -4.88. The minimum Gasteiger partial charge on any atom is -0.508 e. The van der Waals surface area contributed by atoms with Crippen LogP contribution in [-0.2, 0) is 11.2 Å². The molecule has 0 amide bonds. The van der Waals surface area contributed by atoms with E-state index < -0.39 is 13.1 Å². The van der Waals surface area contributed by atoms with E-state index in [1.807, 2.05) is 6.92 Å². The van der Waals surface area contributed by atoms with Crippen LogP contribution < -0.4 is 9.47 Å². The van der Waals surface area contributed by atoms with Gasteiger partial charge in [0, 0.05) is 11.1 Å². The number of benzene rings is 2. The van der Waals surface area contributed by atoms with Crippen LogP contribution in [0, 0.1) is 0 Å². The first-order valence-electron chi connectivity index (χ1n) is 7.09. The first-order valence-corrected chi connectivity index (χ1v) is 8.70. The number of ether oxygens (including phenoxy) is 2. The molecule has 0 saturated heterocycles. The van der Waals surface area contributed by atoms with Crippen molar-refractivity contribution in [2.45, 2.75) is 13.5 Å². The molecule has 0 aliphatic carbocycles. The van der Waals surface area contributed by atoms with E-state index in [0.717, 1.165) is 6.07 Å². The highest BCUT2D eigenvalue weighted by Gasteiger charge is 2.27. The molecule has 0 bridgehead atoms. The van der Waals surface area contributed by atoms with E-state index in [9.17, 15) is 14.5 Å². The Kier molecular flexibility index (Phi) is 5.62. The average Bonchev–Trinajstić information content (AvgIpc) is 2.54. The van der Waals surface area contributed by atoms with Crippen LogP contribution in [-0.4, -0.2) is 27.0 Å². The van der Waals surface area contributed by atoms with Gasteiger partial charge in [-0.15, -0.1) is 0 Å². The first-order chi connectivity index (χ1) is 11.3. The van der Waals surface area contributed by atoms with Crippen LogP contribution in [0.15, 0.2) is 42.5 Å². The zero-order valence-corrected chi connectivity index (χ0v) is 13.8. The Bertz CT molecular complexity index is 764. The van der Waals surface area contributed by atoms with Crippen LogP contribution in [0.2, 0.25) is 0 Å². The van der Waals surface area contributed by atoms with E-state index in [4.69, 9.17) is 19.3 Å². The van der Waals surface area contributed by atoms with Gasteiger partial charge in [0.2, 0.25) is 0 Å². The Morgan fingerprint density at radius 2 is 1.62 bits per heavy atom. The first kappa shape index (κ1) is 18.0. The molecule has 0 atom stereocenters. The van der Waals surface area contributed by atoms with Crippen molar-refractivity contribution in [1.29, 1.82) is 0 Å². The molecule has 0 radical (unpaired) electrons. The monoisotopic (exact) mass is 352 g/mol. The number of aromatic hydroxyl groups is 1. The molecule has 8 heteroatoms. The van der Waals surface area contributed by atoms with Crippen LogP contribution in [0.4, 0.5) is 0 Å². The zero-order valence-electron chi connectivity index (χ0n) is 12.9. The van der Waals surface area contributed by atoms with Gasteiger partial charge in [-0.2, -0.15) is 0 Å². The van der Waals surface area contributed by atoms with Crippen LogP contribution >= 0.6 is 7.60 Å². The van der Waals surface area contributed by atoms with E-state index in [2.05, 4.69) is 0 Å². The molecule has 7 nitrogen and oxygen atoms in total. The Hall–Kier alpha value is -2.34. The van der Waals surface area contributed by atoms with Gasteiger partial charge in [-0.3, -0.25) is 9.36 Å². The third-order valence-corrected chi connectivity index (χ3v) is 3.91. The Balaban J connectivity index is 2.12. The predicted octanol–water partition coefficient (Wildman–Crippen LogP) is 2.69. The molecule has 0 unspecified atom stereocenters. The molecule has 2 aromatic carbocycles. The standard InChI is InChI=1S/C16H17O7P/c1-2-22-13-4-6-14(7-5-13)23-10-12-9-11(3-8-15(12)17)16(18)24(19,20)21/h3-9,17H,2,10H2,1H3,(H2,19,20,21). The van der Waals surface area contributed by atoms with Gasteiger partial charge >= 0.3 is 7.60 Å². The second-order valence-electron chi connectivity index (χ2n) is 4.89. The quantitative estimate of drug-likeness (QED) is 0.657. The molecule has 0 fully saturated rings. The molecule has 128 valence electrons. The van der Waals surface area contributed by atoms with Gasteiger partial charge in [-0.05, 0) is 49.4 Å². The third kappa shape index (κ3) is 4.58. The molecule has 3 N–H and O–H groups in total. The number of phenols is 1. The van der Waals surface area contributed by atoms with Gasteiger partial charge in [-0.25, -0.2) is 0 Å². The SMILES string of the molecule is CCOc1ccc(OCc2cc(C(=O)P(=O)(O)O)ccc2O)cc1. The van der Waals surface area contributed by atoms with Crippen LogP contribution in [0.1, 0.15) is 22.8 Å². The van der Waals surface area contributed by atoms with Crippen molar-refractivity contribution in [3.63, 3.8) is 0 Å². The molecule has 24 heavy (non-hydrogen) atoms. The zero-order chi connectivity index (χ0) is 17.7. The third-order valence-electron chi connectivity index (χ3n) is 3.12. The lowest BCUT2D eigenvalue weighted by Gasteiger charge is -2.10. The number of rotatable bonds is 7. The lowest BCUT2D eigenvalue weighted by atomic mass is 10.1. The molecule has 0 saturated carbocycles. The summed E-state index contributed by atoms with van der Waals surface area (Å²) in [7, 11) is -4.88. The van der Waals surface area contributed by atoms with Crippen molar-refractivity contribution in [1.82, 2.24) is 0 Å². The summed E-state index contributed by atoms with van der Waals surface area (Å²) in [5.41, 5.74) is -1.25. The molecule has 2 aromatic rings. The van der Waals surface area contributed by atoms with E-state index in [1.165, 1.54) is 12.1 Å². The molecule has 0 aliphatic rings. The fraction of sp³-hybridized carbons (Fsp3) is 0.188. The molecule has 2 rings (SSSR count). The van der Waals surface area contributed by atoms with Gasteiger partial charge in [0.15, 0.2) is 0 Å². The van der Waals surface area contributed by atoms with Crippen molar-refractivity contribution in [3.05, 3.63) is 53.6 Å². The van der Waals surface area contributed by atoms with Gasteiger partial charge in [0.25, 0.3) is 5.52 Å². The summed E-state index contributed by atoms with van der Waals surface area (Å²) in [5, 5.41) is 9.81.